The van der Waals surface area contributed by atoms with Crippen LogP contribution in [0, 0.1) is 0 Å². The van der Waals surface area contributed by atoms with Crippen LogP contribution in [0.4, 0.5) is 0 Å². The van der Waals surface area contributed by atoms with Crippen LogP contribution in [-0.4, -0.2) is 61.5 Å². The third kappa shape index (κ3) is 30.6. The van der Waals surface area contributed by atoms with Gasteiger partial charge in [0.15, 0.2) is 6.10 Å². The number of hydrogen-bond donors (Lipinski definition) is 2. The minimum absolute atomic E-state index is 0.0414. The van der Waals surface area contributed by atoms with Crippen LogP contribution < -0.4 is 5.73 Å². The van der Waals surface area contributed by atoms with E-state index in [2.05, 4.69) is 50.3 Å². The molecule has 1 saturated heterocycles. The highest BCUT2D eigenvalue weighted by molar-refractivity contribution is 7.47. The lowest BCUT2D eigenvalue weighted by molar-refractivity contribution is -0.161. The van der Waals surface area contributed by atoms with Crippen molar-refractivity contribution in [3.05, 3.63) is 36.5 Å². The summed E-state index contributed by atoms with van der Waals surface area (Å²) < 4.78 is 38.5. The first-order valence-electron chi connectivity index (χ1n) is 20.6. The highest BCUT2D eigenvalue weighted by Gasteiger charge is 2.36. The number of unbranched alkanes of at least 4 members (excludes halogenated alkanes) is 15. The van der Waals surface area contributed by atoms with Gasteiger partial charge in [0, 0.05) is 19.4 Å². The van der Waals surface area contributed by atoms with E-state index >= 15 is 0 Å². The molecule has 0 aromatic carbocycles. The first-order chi connectivity index (χ1) is 25.3. The van der Waals surface area contributed by atoms with Crippen LogP contribution in [0.15, 0.2) is 36.5 Å². The van der Waals surface area contributed by atoms with Gasteiger partial charge >= 0.3 is 19.8 Å². The van der Waals surface area contributed by atoms with Gasteiger partial charge in [-0.3, -0.25) is 18.6 Å². The predicted octanol–water partition coefficient (Wildman–Crippen LogP) is 10.4. The van der Waals surface area contributed by atoms with Gasteiger partial charge in [0.25, 0.3) is 0 Å². The highest BCUT2D eigenvalue weighted by atomic mass is 31.2. The molecule has 0 spiro atoms. The van der Waals surface area contributed by atoms with Gasteiger partial charge in [-0.05, 0) is 51.4 Å². The monoisotopic (exact) mass is 756 g/mol. The fourth-order valence-corrected chi connectivity index (χ4v) is 6.54. The maximum Gasteiger partial charge on any atom is 0.472 e. The van der Waals surface area contributed by atoms with Crippen LogP contribution >= 0.6 is 7.82 Å². The Balaban J connectivity index is 2.26. The molecular formula is C41H74NO9P. The van der Waals surface area contributed by atoms with Crippen LogP contribution in [0.3, 0.4) is 0 Å². The first kappa shape index (κ1) is 48.2. The Morgan fingerprint density at radius 1 is 0.692 bits per heavy atom. The third-order valence-corrected chi connectivity index (χ3v) is 9.94. The molecule has 1 fully saturated rings. The topological polar surface area (TPSA) is 147 Å². The maximum absolute atomic E-state index is 12.6. The molecule has 3 N–H and O–H groups in total. The Morgan fingerprint density at radius 3 is 1.88 bits per heavy atom. The van der Waals surface area contributed by atoms with E-state index in [9.17, 15) is 19.0 Å². The van der Waals surface area contributed by atoms with E-state index in [1.165, 1.54) is 83.5 Å². The molecule has 52 heavy (non-hydrogen) atoms. The summed E-state index contributed by atoms with van der Waals surface area (Å²) in [4.78, 5) is 34.9. The molecule has 0 radical (unpaired) electrons. The fourth-order valence-electron chi connectivity index (χ4n) is 5.78. The van der Waals surface area contributed by atoms with Crippen molar-refractivity contribution in [1.29, 1.82) is 0 Å². The molecule has 4 atom stereocenters. The summed E-state index contributed by atoms with van der Waals surface area (Å²) in [6.07, 6.45) is 37.6. The smallest absolute Gasteiger partial charge is 0.462 e. The zero-order valence-corrected chi connectivity index (χ0v) is 33.6. The molecular weight excluding hydrogens is 681 g/mol. The van der Waals surface area contributed by atoms with Crippen LogP contribution in [0.5, 0.6) is 0 Å². The van der Waals surface area contributed by atoms with Crippen molar-refractivity contribution in [3.8, 4) is 0 Å². The molecule has 0 aromatic heterocycles. The number of hydrogen-bond acceptors (Lipinski definition) is 9. The van der Waals surface area contributed by atoms with Gasteiger partial charge in [0.2, 0.25) is 0 Å². The Kier molecular flexibility index (Phi) is 31.3. The SMILES string of the molecule is CCCCC/C=C\C/C=C\C/C=C\CC1OC1CCCC(=O)OC(COC(=O)CCCCCCCCCCCCCCC)COP(=O)(O)OCCN. The molecule has 10 nitrogen and oxygen atoms in total. The average molecular weight is 756 g/mol. The van der Waals surface area contributed by atoms with Crippen molar-refractivity contribution >= 4 is 19.8 Å². The molecule has 4 unspecified atom stereocenters. The van der Waals surface area contributed by atoms with E-state index in [0.29, 0.717) is 6.42 Å². The standard InChI is InChI=1S/C41H74NO9P/c1-3-5-7-9-11-13-15-17-19-21-23-25-27-31-40(43)47-35-37(36-49-52(45,46)48-34-33-42)50-41(44)32-28-30-39-38(51-39)29-26-24-22-20-18-16-14-12-10-8-6-4-2/h12,14,18,20,24,26,37-39H,3-11,13,15-17,19,21-23,25,27-36,42H2,1-2H3,(H,45,46)/b14-12-,20-18-,26-24-. The van der Waals surface area contributed by atoms with Crippen molar-refractivity contribution in [3.63, 3.8) is 0 Å². The van der Waals surface area contributed by atoms with Gasteiger partial charge in [-0.2, -0.15) is 0 Å². The van der Waals surface area contributed by atoms with Gasteiger partial charge in [0.05, 0.1) is 25.4 Å². The third-order valence-electron chi connectivity index (χ3n) is 8.95. The number of nitrogens with two attached hydrogens (primary N) is 1. The van der Waals surface area contributed by atoms with Gasteiger partial charge in [-0.15, -0.1) is 0 Å². The van der Waals surface area contributed by atoms with Gasteiger partial charge < -0.3 is 24.8 Å². The zero-order valence-electron chi connectivity index (χ0n) is 32.7. The molecule has 0 bridgehead atoms. The molecule has 1 aliphatic rings. The number of ether oxygens (including phenoxy) is 3. The zero-order chi connectivity index (χ0) is 38.0. The largest absolute Gasteiger partial charge is 0.472 e. The molecule has 302 valence electrons. The number of rotatable bonds is 37. The summed E-state index contributed by atoms with van der Waals surface area (Å²) in [7, 11) is -4.40. The fraction of sp³-hybridized carbons (Fsp3) is 0.805. The van der Waals surface area contributed by atoms with Gasteiger partial charge in [-0.1, -0.05) is 140 Å². The molecule has 1 heterocycles. The van der Waals surface area contributed by atoms with E-state index < -0.39 is 32.5 Å². The van der Waals surface area contributed by atoms with Crippen molar-refractivity contribution in [1.82, 2.24) is 0 Å². The lowest BCUT2D eigenvalue weighted by Gasteiger charge is -2.19. The minimum Gasteiger partial charge on any atom is -0.462 e. The molecule has 1 rings (SSSR count). The lowest BCUT2D eigenvalue weighted by Crippen LogP contribution is -2.29. The van der Waals surface area contributed by atoms with Gasteiger partial charge in [-0.25, -0.2) is 4.57 Å². The second-order valence-corrected chi connectivity index (χ2v) is 15.3. The maximum atomic E-state index is 12.6. The second-order valence-electron chi connectivity index (χ2n) is 13.9. The van der Waals surface area contributed by atoms with E-state index in [-0.39, 0.29) is 44.8 Å². The number of phosphoric ester groups is 1. The van der Waals surface area contributed by atoms with Crippen LogP contribution in [0.2, 0.25) is 0 Å². The number of carbonyl (C=O) groups is 2. The molecule has 11 heteroatoms. The van der Waals surface area contributed by atoms with E-state index in [4.69, 9.17) is 29.0 Å². The van der Waals surface area contributed by atoms with Crippen molar-refractivity contribution in [2.24, 2.45) is 5.73 Å². The Hall–Kier alpha value is -1.81. The number of allylic oxidation sites excluding steroid dienone is 5. The quantitative estimate of drug-likeness (QED) is 0.0206. The van der Waals surface area contributed by atoms with Crippen molar-refractivity contribution in [2.75, 3.05) is 26.4 Å². The Labute approximate surface area is 316 Å². The summed E-state index contributed by atoms with van der Waals surface area (Å²) in [5, 5.41) is 0. The Morgan fingerprint density at radius 2 is 1.25 bits per heavy atom. The predicted molar refractivity (Wildman–Crippen MR) is 210 cm³/mol. The number of phosphoric acid groups is 1. The van der Waals surface area contributed by atoms with Crippen molar-refractivity contribution < 1.29 is 42.3 Å². The molecule has 1 aliphatic heterocycles. The Bertz CT molecular complexity index is 1020. The summed E-state index contributed by atoms with van der Waals surface area (Å²) in [5.74, 6) is -0.903. The summed E-state index contributed by atoms with van der Waals surface area (Å²) in [6.45, 7) is 3.61. The average Bonchev–Trinajstić information content (AvgIpc) is 3.88. The van der Waals surface area contributed by atoms with Crippen LogP contribution in [-0.2, 0) is 37.4 Å². The molecule has 0 saturated carbocycles. The summed E-state index contributed by atoms with van der Waals surface area (Å²) in [5.41, 5.74) is 5.34. The summed E-state index contributed by atoms with van der Waals surface area (Å²) in [6, 6.07) is 0. The number of epoxide rings is 1. The second kappa shape index (κ2) is 33.7. The van der Waals surface area contributed by atoms with Crippen LogP contribution in [0.1, 0.15) is 168 Å². The highest BCUT2D eigenvalue weighted by Crippen LogP contribution is 2.43. The van der Waals surface area contributed by atoms with E-state index in [1.54, 1.807) is 0 Å². The van der Waals surface area contributed by atoms with E-state index in [0.717, 1.165) is 51.4 Å². The summed E-state index contributed by atoms with van der Waals surface area (Å²) >= 11 is 0. The lowest BCUT2D eigenvalue weighted by atomic mass is 10.0. The molecule has 0 aliphatic carbocycles. The molecule has 0 aromatic rings. The first-order valence-corrected chi connectivity index (χ1v) is 22.1. The van der Waals surface area contributed by atoms with E-state index in [1.807, 2.05) is 0 Å². The minimum atomic E-state index is -4.40. The number of carbonyl (C=O) groups excluding carboxylic acids is 2. The number of esters is 2. The van der Waals surface area contributed by atoms with Gasteiger partial charge in [0.1, 0.15) is 6.61 Å². The van der Waals surface area contributed by atoms with Crippen LogP contribution in [0.25, 0.3) is 0 Å². The normalized spacial score (nSPS) is 17.6. The van der Waals surface area contributed by atoms with Crippen molar-refractivity contribution in [2.45, 2.75) is 186 Å². The molecule has 0 amide bonds.